The molecule has 3 aliphatic heterocycles. The van der Waals surface area contributed by atoms with Crippen molar-refractivity contribution in [3.05, 3.63) is 99.9 Å². The maximum atomic E-state index is 4.90. The predicted molar refractivity (Wildman–Crippen MR) is 133 cm³/mol. The molecule has 3 aromatic carbocycles. The molecule has 191 valence electrons. The monoisotopic (exact) mass is 905 g/mol. The third-order valence-electron chi connectivity index (χ3n) is 8.04. The summed E-state index contributed by atoms with van der Waals surface area (Å²) in [6.07, 6.45) is 0. The summed E-state index contributed by atoms with van der Waals surface area (Å²) >= 11 is 0. The van der Waals surface area contributed by atoms with Crippen LogP contribution in [0, 0.1) is 60.6 Å². The molecular weight excluding hydrogens is 877 g/mol. The quantitative estimate of drug-likeness (QED) is 0.281. The van der Waals surface area contributed by atoms with Gasteiger partial charge in [-0.2, -0.15) is 23.3 Å². The minimum absolute atomic E-state index is 0. The molecule has 3 aliphatic rings. The van der Waals surface area contributed by atoms with Crippen molar-refractivity contribution < 1.29 is 164 Å². The van der Waals surface area contributed by atoms with E-state index in [9.17, 15) is 0 Å². The molecule has 0 fully saturated rings. The number of fused-ring (bicyclic) bond motifs is 3. The molecule has 11 heteroatoms. The Bertz CT molecular complexity index is 1780. The number of hydrogen-bond acceptors (Lipinski definition) is 6. The molecule has 6 nitrogen and oxygen atoms in total. The first-order valence-corrected chi connectivity index (χ1v) is 12.1. The van der Waals surface area contributed by atoms with Gasteiger partial charge in [0.15, 0.2) is 0 Å². The van der Waals surface area contributed by atoms with Crippen LogP contribution in [0.25, 0.3) is 0 Å². The van der Waals surface area contributed by atoms with E-state index >= 15 is 0 Å². The van der Waals surface area contributed by atoms with E-state index in [0.29, 0.717) is 20.0 Å². The van der Waals surface area contributed by atoms with E-state index < -0.39 is 0 Å². The third kappa shape index (κ3) is 6.59. The summed E-state index contributed by atoms with van der Waals surface area (Å²) in [6.45, 7) is 16.3. The van der Waals surface area contributed by atoms with Crippen LogP contribution in [0.2, 0.25) is 0 Å². The Balaban J connectivity index is 0.00000160. The van der Waals surface area contributed by atoms with Gasteiger partial charge in [0.1, 0.15) is 20.0 Å². The van der Waals surface area contributed by atoms with Gasteiger partial charge in [-0.3, -0.25) is 20.0 Å². The Labute approximate surface area is 361 Å². The van der Waals surface area contributed by atoms with Gasteiger partial charge in [0, 0.05) is 164 Å². The van der Waals surface area contributed by atoms with Gasteiger partial charge in [-0.15, -0.1) is 22.3 Å². The molecule has 40 heavy (non-hydrogen) atoms. The predicted octanol–water partition coefficient (Wildman–Crippen LogP) is 1.24. The zero-order valence-electron chi connectivity index (χ0n) is 24.3. The van der Waals surface area contributed by atoms with E-state index in [4.69, 9.17) is 30.0 Å². The number of rotatable bonds is 3. The van der Waals surface area contributed by atoms with Crippen molar-refractivity contribution in [2.24, 2.45) is 30.0 Å². The fraction of sp³-hybridized carbons (Fsp3) is 0.379. The van der Waals surface area contributed by atoms with Crippen molar-refractivity contribution in [3.8, 4) is 0 Å². The van der Waals surface area contributed by atoms with Crippen molar-refractivity contribution in [1.29, 1.82) is 0 Å². The Hall–Kier alpha value is 1.98. The fourth-order valence-electron chi connectivity index (χ4n) is 5.61. The molecule has 3 heterocycles. The molecule has 0 saturated heterocycles. The molecule has 0 aliphatic carbocycles. The SMILES string of the molecule is Cc1[c-]c(C(c2[c-]c(C)c(C)c3c2=NCN=3)c2c(C)c(C)c(C)c3c2=NCN=3)c2c(c1C)=NCN=2.[Y].[Y].[Y].[Y].[Y]. The zero-order valence-corrected chi connectivity index (χ0v) is 38.5. The first-order valence-electron chi connectivity index (χ1n) is 12.1. The van der Waals surface area contributed by atoms with Crippen molar-refractivity contribution in [1.82, 2.24) is 0 Å². The second kappa shape index (κ2) is 16.0. The van der Waals surface area contributed by atoms with Crippen LogP contribution >= 0.6 is 0 Å². The van der Waals surface area contributed by atoms with E-state index in [0.717, 1.165) is 71.1 Å². The van der Waals surface area contributed by atoms with Crippen LogP contribution in [0.4, 0.5) is 0 Å². The molecule has 0 N–H and O–H groups in total. The molecule has 5 radical (unpaired) electrons. The van der Waals surface area contributed by atoms with Gasteiger partial charge >= 0.3 is 0 Å². The summed E-state index contributed by atoms with van der Waals surface area (Å²) in [4.78, 5) is 28.8. The smallest absolute Gasteiger partial charge is 0.130 e. The first-order chi connectivity index (χ1) is 16.8. The maximum absolute atomic E-state index is 4.90. The molecule has 0 spiro atoms. The van der Waals surface area contributed by atoms with Crippen LogP contribution in [0.1, 0.15) is 61.6 Å². The van der Waals surface area contributed by atoms with Crippen molar-refractivity contribution >= 4 is 0 Å². The van der Waals surface area contributed by atoms with Crippen LogP contribution in [0.3, 0.4) is 0 Å². The standard InChI is InChI=1S/C29H28N6.5Y/c1-13-8-20(27-24(15(13)3)30-10-33-27)23(21-9-14(2)16(4)25-28(21)34-11-31-25)22-18(6)17(5)19(7)26-29(22)35-12-32-26;;;;;/h23H,10-12H2,1-7H3;;;;;/q-2;;;;;. The molecule has 0 saturated carbocycles. The topological polar surface area (TPSA) is 74.2 Å². The molecule has 0 amide bonds. The summed E-state index contributed by atoms with van der Waals surface area (Å²) in [5.41, 5.74) is 11.3. The Morgan fingerprint density at radius 3 is 1.20 bits per heavy atom. The second-order valence-electron chi connectivity index (χ2n) is 9.76. The molecule has 3 aromatic rings. The van der Waals surface area contributed by atoms with Gasteiger partial charge in [-0.05, 0) is 70.4 Å². The van der Waals surface area contributed by atoms with E-state index in [1.165, 1.54) is 16.7 Å². The minimum Gasteiger partial charge on any atom is -0.325 e. The fourth-order valence-corrected chi connectivity index (χ4v) is 5.61. The zero-order chi connectivity index (χ0) is 24.6. The first kappa shape index (κ1) is 40.0. The van der Waals surface area contributed by atoms with Crippen LogP contribution in [0.15, 0.2) is 30.0 Å². The minimum atomic E-state index is -0.199. The summed E-state index contributed by atoms with van der Waals surface area (Å²) < 4.78 is 0. The van der Waals surface area contributed by atoms with E-state index in [2.05, 4.69) is 60.6 Å². The summed E-state index contributed by atoms with van der Waals surface area (Å²) in [7, 11) is 0. The number of nitrogens with zero attached hydrogens (tertiary/aromatic N) is 6. The molecule has 0 aromatic heterocycles. The average Bonchev–Trinajstić information content (AvgIpc) is 3.61. The van der Waals surface area contributed by atoms with Gasteiger partial charge in [-0.25, -0.2) is 0 Å². The molecular formula is C29H28N6Y5-2. The Kier molecular flexibility index (Phi) is 16.0. The van der Waals surface area contributed by atoms with Gasteiger partial charge in [0.2, 0.25) is 0 Å². The number of benzene rings is 3. The van der Waals surface area contributed by atoms with Crippen LogP contribution in [0.5, 0.6) is 0 Å². The molecule has 0 unspecified atom stereocenters. The van der Waals surface area contributed by atoms with Gasteiger partial charge in [0.05, 0.1) is 10.7 Å². The van der Waals surface area contributed by atoms with Crippen LogP contribution in [-0.2, 0) is 164 Å². The van der Waals surface area contributed by atoms with Crippen molar-refractivity contribution in [2.75, 3.05) is 20.0 Å². The van der Waals surface area contributed by atoms with Crippen LogP contribution in [-0.4, -0.2) is 20.0 Å². The third-order valence-corrected chi connectivity index (χ3v) is 8.04. The van der Waals surface area contributed by atoms with Crippen molar-refractivity contribution in [3.63, 3.8) is 0 Å². The average molecular weight is 905 g/mol. The van der Waals surface area contributed by atoms with Gasteiger partial charge in [-0.1, -0.05) is 27.7 Å². The van der Waals surface area contributed by atoms with Gasteiger partial charge < -0.3 is 9.98 Å². The number of hydrogen-bond donors (Lipinski definition) is 0. The maximum Gasteiger partial charge on any atom is 0.130 e. The largest absolute Gasteiger partial charge is 0.325 e. The molecule has 0 atom stereocenters. The summed E-state index contributed by atoms with van der Waals surface area (Å²) in [6, 6.07) is 7.46. The summed E-state index contributed by atoms with van der Waals surface area (Å²) in [5.74, 6) is -0.199. The molecule has 0 bridgehead atoms. The van der Waals surface area contributed by atoms with E-state index in [1.807, 2.05) is 0 Å². The van der Waals surface area contributed by atoms with Crippen LogP contribution < -0.4 is 32.1 Å². The Morgan fingerprint density at radius 1 is 0.425 bits per heavy atom. The Morgan fingerprint density at radius 2 is 0.775 bits per heavy atom. The second-order valence-corrected chi connectivity index (χ2v) is 9.76. The van der Waals surface area contributed by atoms with Gasteiger partial charge in [0.25, 0.3) is 0 Å². The van der Waals surface area contributed by atoms with E-state index in [-0.39, 0.29) is 169 Å². The number of aryl methyl sites for hydroxylation is 2. The van der Waals surface area contributed by atoms with E-state index in [1.54, 1.807) is 0 Å². The van der Waals surface area contributed by atoms with Crippen molar-refractivity contribution in [2.45, 2.75) is 54.4 Å². The molecule has 6 rings (SSSR count). The normalized spacial score (nSPS) is 13.0. The summed E-state index contributed by atoms with van der Waals surface area (Å²) in [5, 5.41) is 5.77.